The second kappa shape index (κ2) is 6.83. The van der Waals surface area contributed by atoms with E-state index < -0.39 is 0 Å². The van der Waals surface area contributed by atoms with Gasteiger partial charge in [0.2, 0.25) is 0 Å². The summed E-state index contributed by atoms with van der Waals surface area (Å²) in [6.07, 6.45) is 7.03. The van der Waals surface area contributed by atoms with Crippen LogP contribution in [0.3, 0.4) is 0 Å². The van der Waals surface area contributed by atoms with Crippen molar-refractivity contribution in [3.8, 4) is 0 Å². The molecule has 1 aliphatic heterocycles. The van der Waals surface area contributed by atoms with Crippen LogP contribution in [0.25, 0.3) is 0 Å². The third-order valence-electron chi connectivity index (χ3n) is 4.44. The minimum atomic E-state index is 0.629. The zero-order chi connectivity index (χ0) is 13.0. The van der Waals surface area contributed by atoms with Crippen molar-refractivity contribution in [2.75, 3.05) is 12.3 Å². The van der Waals surface area contributed by atoms with Crippen LogP contribution in [-0.2, 0) is 0 Å². The minimum Gasteiger partial charge on any atom is -0.361 e. The highest BCUT2D eigenvalue weighted by molar-refractivity contribution is 8.14. The quantitative estimate of drug-likeness (QED) is 0.835. The van der Waals surface area contributed by atoms with Crippen LogP contribution >= 0.6 is 11.8 Å². The van der Waals surface area contributed by atoms with Crippen LogP contribution in [0, 0.1) is 17.8 Å². The Morgan fingerprint density at radius 3 is 2.61 bits per heavy atom. The summed E-state index contributed by atoms with van der Waals surface area (Å²) < 4.78 is 0. The van der Waals surface area contributed by atoms with E-state index in [1.807, 2.05) is 11.8 Å². The molecule has 0 aromatic rings. The second-order valence-corrected chi connectivity index (χ2v) is 7.42. The van der Waals surface area contributed by atoms with Crippen LogP contribution in [-0.4, -0.2) is 23.5 Å². The fourth-order valence-corrected chi connectivity index (χ4v) is 4.05. The minimum absolute atomic E-state index is 0.629. The maximum atomic E-state index is 4.74. The summed E-state index contributed by atoms with van der Waals surface area (Å²) in [4.78, 5) is 4.74. The molecule has 0 aromatic carbocycles. The topological polar surface area (TPSA) is 24.4 Å². The predicted molar refractivity (Wildman–Crippen MR) is 82.3 cm³/mol. The number of amidine groups is 1. The normalized spacial score (nSPS) is 35.1. The van der Waals surface area contributed by atoms with Gasteiger partial charge in [0.05, 0.1) is 0 Å². The van der Waals surface area contributed by atoms with Gasteiger partial charge in [-0.2, -0.15) is 0 Å². The summed E-state index contributed by atoms with van der Waals surface area (Å²) >= 11 is 1.90. The lowest BCUT2D eigenvalue weighted by Crippen LogP contribution is -2.31. The summed E-state index contributed by atoms with van der Waals surface area (Å²) in [7, 11) is 0. The van der Waals surface area contributed by atoms with Gasteiger partial charge in [-0.1, -0.05) is 58.2 Å². The molecule has 2 fully saturated rings. The lowest BCUT2D eigenvalue weighted by Gasteiger charge is -2.25. The lowest BCUT2D eigenvalue weighted by atomic mass is 9.81. The molecule has 1 N–H and O–H groups in total. The maximum absolute atomic E-state index is 4.74. The average Bonchev–Trinajstić information content (AvgIpc) is 2.81. The summed E-state index contributed by atoms with van der Waals surface area (Å²) in [6.45, 7) is 7.98. The first kappa shape index (κ1) is 14.2. The number of rotatable bonds is 4. The molecule has 0 aromatic heterocycles. The van der Waals surface area contributed by atoms with E-state index in [-0.39, 0.29) is 0 Å². The molecule has 1 atom stereocenters. The monoisotopic (exact) mass is 268 g/mol. The molecular formula is C15H28N2S. The fourth-order valence-electron chi connectivity index (χ4n) is 2.83. The first-order valence-electron chi connectivity index (χ1n) is 7.59. The smallest absolute Gasteiger partial charge is 0.156 e. The zero-order valence-electron chi connectivity index (χ0n) is 12.1. The number of aliphatic imine (C=N–C) groups is 1. The molecule has 0 radical (unpaired) electrons. The Labute approximate surface area is 116 Å². The van der Waals surface area contributed by atoms with Crippen LogP contribution in [0.1, 0.15) is 52.9 Å². The number of nitrogens with zero attached hydrogens (tertiary/aromatic N) is 1. The average molecular weight is 268 g/mol. The molecule has 18 heavy (non-hydrogen) atoms. The number of hydrogen-bond donors (Lipinski definition) is 1. The van der Waals surface area contributed by atoms with E-state index in [2.05, 4.69) is 26.1 Å². The lowest BCUT2D eigenvalue weighted by molar-refractivity contribution is 0.280. The second-order valence-electron chi connectivity index (χ2n) is 6.41. The van der Waals surface area contributed by atoms with Crippen LogP contribution in [0.4, 0.5) is 0 Å². The molecule has 1 unspecified atom stereocenters. The van der Waals surface area contributed by atoms with Gasteiger partial charge in [0.1, 0.15) is 0 Å². The first-order valence-corrected chi connectivity index (χ1v) is 8.57. The standard InChI is InChI=1S/C15H28N2S/c1-11(2)14-10-18-15(17-14)16-9-8-13-6-4-12(3)5-7-13/h11-14H,4-10H2,1-3H3,(H,16,17). The van der Waals surface area contributed by atoms with E-state index >= 15 is 0 Å². The predicted octanol–water partition coefficient (Wildman–Crippen LogP) is 3.92. The summed E-state index contributed by atoms with van der Waals surface area (Å²) in [5.41, 5.74) is 0. The van der Waals surface area contributed by atoms with Gasteiger partial charge in [-0.15, -0.1) is 0 Å². The van der Waals surface area contributed by atoms with Crippen molar-refractivity contribution >= 4 is 16.9 Å². The highest BCUT2D eigenvalue weighted by Gasteiger charge is 2.23. The number of nitrogens with one attached hydrogen (secondary N) is 1. The maximum Gasteiger partial charge on any atom is 0.156 e. The van der Waals surface area contributed by atoms with E-state index in [1.165, 1.54) is 43.0 Å². The van der Waals surface area contributed by atoms with Gasteiger partial charge in [0.15, 0.2) is 5.17 Å². The summed E-state index contributed by atoms with van der Waals surface area (Å²) in [6, 6.07) is 0.629. The molecule has 0 bridgehead atoms. The largest absolute Gasteiger partial charge is 0.361 e. The van der Waals surface area contributed by atoms with E-state index in [1.54, 1.807) is 0 Å². The molecule has 1 saturated heterocycles. The molecule has 104 valence electrons. The van der Waals surface area contributed by atoms with Crippen LogP contribution in [0.15, 0.2) is 4.99 Å². The van der Waals surface area contributed by atoms with Gasteiger partial charge in [-0.05, 0) is 24.2 Å². The van der Waals surface area contributed by atoms with Crippen molar-refractivity contribution in [1.82, 2.24) is 5.32 Å². The third-order valence-corrected chi connectivity index (χ3v) is 5.49. The SMILES string of the molecule is CC1CCC(CCN=C2NC(C(C)C)CS2)CC1. The van der Waals surface area contributed by atoms with Gasteiger partial charge < -0.3 is 5.32 Å². The van der Waals surface area contributed by atoms with Crippen molar-refractivity contribution < 1.29 is 0 Å². The highest BCUT2D eigenvalue weighted by Crippen LogP contribution is 2.30. The van der Waals surface area contributed by atoms with E-state index in [0.29, 0.717) is 12.0 Å². The van der Waals surface area contributed by atoms with Crippen molar-refractivity contribution in [2.45, 2.75) is 58.9 Å². The Balaban J connectivity index is 1.66. The Bertz CT molecular complexity index is 280. The van der Waals surface area contributed by atoms with Gasteiger partial charge in [-0.3, -0.25) is 4.99 Å². The molecule has 0 amide bonds. The Hall–Kier alpha value is -0.180. The van der Waals surface area contributed by atoms with Crippen molar-refractivity contribution in [2.24, 2.45) is 22.7 Å². The molecule has 3 heteroatoms. The molecular weight excluding hydrogens is 240 g/mol. The fraction of sp³-hybridized carbons (Fsp3) is 0.933. The molecule has 1 aliphatic carbocycles. The van der Waals surface area contributed by atoms with Gasteiger partial charge in [0.25, 0.3) is 0 Å². The summed E-state index contributed by atoms with van der Waals surface area (Å²) in [5, 5.41) is 4.74. The molecule has 1 heterocycles. The molecule has 2 aliphatic rings. The highest BCUT2D eigenvalue weighted by atomic mass is 32.2. The Kier molecular flexibility index (Phi) is 5.40. The van der Waals surface area contributed by atoms with Crippen molar-refractivity contribution in [1.29, 1.82) is 0 Å². The van der Waals surface area contributed by atoms with Gasteiger partial charge in [-0.25, -0.2) is 0 Å². The molecule has 2 nitrogen and oxygen atoms in total. The van der Waals surface area contributed by atoms with E-state index in [0.717, 1.165) is 18.4 Å². The first-order chi connectivity index (χ1) is 8.65. The van der Waals surface area contributed by atoms with Crippen molar-refractivity contribution in [3.05, 3.63) is 0 Å². The third kappa shape index (κ3) is 4.18. The molecule has 0 spiro atoms. The van der Waals surface area contributed by atoms with E-state index in [4.69, 9.17) is 4.99 Å². The number of hydrogen-bond acceptors (Lipinski definition) is 2. The molecule has 1 saturated carbocycles. The Morgan fingerprint density at radius 2 is 2.00 bits per heavy atom. The van der Waals surface area contributed by atoms with Crippen LogP contribution in [0.2, 0.25) is 0 Å². The van der Waals surface area contributed by atoms with Crippen LogP contribution in [0.5, 0.6) is 0 Å². The Morgan fingerprint density at radius 1 is 1.28 bits per heavy atom. The zero-order valence-corrected chi connectivity index (χ0v) is 12.9. The molecule has 2 rings (SSSR count). The van der Waals surface area contributed by atoms with Crippen molar-refractivity contribution in [3.63, 3.8) is 0 Å². The van der Waals surface area contributed by atoms with Gasteiger partial charge in [0, 0.05) is 18.3 Å². The number of thioether (sulfide) groups is 1. The van der Waals surface area contributed by atoms with Crippen LogP contribution < -0.4 is 5.32 Å². The van der Waals surface area contributed by atoms with E-state index in [9.17, 15) is 0 Å². The van der Waals surface area contributed by atoms with Gasteiger partial charge >= 0.3 is 0 Å². The summed E-state index contributed by atoms with van der Waals surface area (Å²) in [5.74, 6) is 3.81.